The highest BCUT2D eigenvalue weighted by Crippen LogP contribution is 2.12. The minimum Gasteiger partial charge on any atom is -0.501 e. The van der Waals surface area contributed by atoms with Gasteiger partial charge in [0, 0.05) is 13.0 Å². The number of nitrogens with one attached hydrogen (secondary N) is 2. The second-order valence-electron chi connectivity index (χ2n) is 3.61. The van der Waals surface area contributed by atoms with Crippen LogP contribution in [-0.2, 0) is 16.0 Å². The van der Waals surface area contributed by atoms with Crippen molar-refractivity contribution < 1.29 is 14.7 Å². The number of hydrogen-bond acceptors (Lipinski definition) is 8. The van der Waals surface area contributed by atoms with Crippen LogP contribution in [0.15, 0.2) is 11.5 Å². The molecule has 0 fully saturated rings. The molecule has 2 rings (SSSR count). The topological polar surface area (TPSA) is 150 Å². The van der Waals surface area contributed by atoms with Crippen LogP contribution in [0.5, 0.6) is 0 Å². The largest absolute Gasteiger partial charge is 0.501 e. The molecule has 0 aliphatic carbocycles. The molecule has 0 aromatic carbocycles. The third-order valence-corrected chi connectivity index (χ3v) is 2.36. The van der Waals surface area contributed by atoms with Gasteiger partial charge in [0.25, 0.3) is 11.8 Å². The summed E-state index contributed by atoms with van der Waals surface area (Å²) < 4.78 is 0. The molecule has 10 nitrogen and oxygen atoms in total. The molecule has 5 N–H and O–H groups in total. The van der Waals surface area contributed by atoms with E-state index in [1.54, 1.807) is 0 Å². The maximum Gasteiger partial charge on any atom is 0.295 e. The van der Waals surface area contributed by atoms with Gasteiger partial charge in [-0.25, -0.2) is 5.84 Å². The molecule has 10 heteroatoms. The second-order valence-corrected chi connectivity index (χ2v) is 3.61. The first-order valence-electron chi connectivity index (χ1n) is 5.13. The molecule has 1 aliphatic rings. The van der Waals surface area contributed by atoms with Gasteiger partial charge in [-0.3, -0.25) is 14.9 Å². The number of amides is 2. The van der Waals surface area contributed by atoms with Crippen LogP contribution >= 0.6 is 0 Å². The second kappa shape index (κ2) is 4.79. The van der Waals surface area contributed by atoms with Gasteiger partial charge in [0.2, 0.25) is 5.76 Å². The van der Waals surface area contributed by atoms with Gasteiger partial charge in [0.05, 0.1) is 0 Å². The molecule has 0 saturated heterocycles. The number of H-pyrrole nitrogens is 1. The number of tetrazole rings is 1. The molecule has 1 aliphatic heterocycles. The SMILES string of the molecule is NN(CCCc1nn[nH]n1)C1=C(O)C(=O)NC1=O. The van der Waals surface area contributed by atoms with E-state index in [9.17, 15) is 14.7 Å². The summed E-state index contributed by atoms with van der Waals surface area (Å²) in [5, 5.41) is 25.5. The molecule has 18 heavy (non-hydrogen) atoms. The lowest BCUT2D eigenvalue weighted by molar-refractivity contribution is -0.125. The number of hydrazine groups is 1. The lowest BCUT2D eigenvalue weighted by atomic mass is 10.3. The zero-order valence-electron chi connectivity index (χ0n) is 9.25. The molecule has 0 radical (unpaired) electrons. The highest BCUT2D eigenvalue weighted by molar-refractivity contribution is 6.17. The van der Waals surface area contributed by atoms with Gasteiger partial charge < -0.3 is 10.1 Å². The van der Waals surface area contributed by atoms with E-state index >= 15 is 0 Å². The van der Waals surface area contributed by atoms with E-state index < -0.39 is 17.6 Å². The van der Waals surface area contributed by atoms with E-state index in [-0.39, 0.29) is 12.2 Å². The van der Waals surface area contributed by atoms with Gasteiger partial charge in [0.1, 0.15) is 0 Å². The predicted molar refractivity (Wildman–Crippen MR) is 56.2 cm³/mol. The maximum absolute atomic E-state index is 11.3. The van der Waals surface area contributed by atoms with Crippen LogP contribution in [0.3, 0.4) is 0 Å². The fourth-order valence-corrected chi connectivity index (χ4v) is 1.51. The number of carbonyl (C=O) groups excluding carboxylic acids is 2. The van der Waals surface area contributed by atoms with Crippen LogP contribution in [0.4, 0.5) is 0 Å². The first kappa shape index (κ1) is 12.0. The molecule has 0 spiro atoms. The number of hydrogen-bond donors (Lipinski definition) is 4. The number of nitrogens with two attached hydrogens (primary N) is 1. The van der Waals surface area contributed by atoms with Crippen molar-refractivity contribution in [1.82, 2.24) is 30.9 Å². The third kappa shape index (κ3) is 2.27. The highest BCUT2D eigenvalue weighted by Gasteiger charge is 2.33. The molecule has 2 heterocycles. The van der Waals surface area contributed by atoms with E-state index in [1.807, 2.05) is 5.32 Å². The van der Waals surface area contributed by atoms with Gasteiger partial charge >= 0.3 is 0 Å². The Morgan fingerprint density at radius 3 is 2.67 bits per heavy atom. The molecule has 0 bridgehead atoms. The summed E-state index contributed by atoms with van der Waals surface area (Å²) in [7, 11) is 0. The van der Waals surface area contributed by atoms with Gasteiger partial charge in [-0.2, -0.15) is 5.21 Å². The highest BCUT2D eigenvalue weighted by atomic mass is 16.3. The Morgan fingerprint density at radius 2 is 2.11 bits per heavy atom. The van der Waals surface area contributed by atoms with E-state index in [2.05, 4.69) is 20.6 Å². The Hall–Kier alpha value is -2.49. The summed E-state index contributed by atoms with van der Waals surface area (Å²) in [6.07, 6.45) is 1.04. The average molecular weight is 253 g/mol. The van der Waals surface area contributed by atoms with Crippen molar-refractivity contribution in [3.8, 4) is 0 Å². The maximum atomic E-state index is 11.3. The minimum atomic E-state index is -0.844. The van der Waals surface area contributed by atoms with Crippen molar-refractivity contribution in [1.29, 1.82) is 0 Å². The number of aromatic amines is 1. The molecule has 1 aromatic rings. The van der Waals surface area contributed by atoms with Gasteiger partial charge in [-0.1, -0.05) is 5.21 Å². The standard InChI is InChI=1S/C8H11N7O3/c9-15(3-1-2-4-11-13-14-12-4)5-6(16)8(18)10-7(5)17/h1-3,9H2,(H2,10,16,17,18)(H,11,12,13,14). The van der Waals surface area contributed by atoms with Crippen molar-refractivity contribution in [2.75, 3.05) is 6.54 Å². The molecule has 1 aromatic heterocycles. The summed E-state index contributed by atoms with van der Waals surface area (Å²) in [4.78, 5) is 22.3. The van der Waals surface area contributed by atoms with Crippen molar-refractivity contribution in [3.05, 3.63) is 17.3 Å². The van der Waals surface area contributed by atoms with E-state index in [0.717, 1.165) is 5.01 Å². The Labute approximate surface area is 101 Å². The van der Waals surface area contributed by atoms with E-state index in [0.29, 0.717) is 18.7 Å². The van der Waals surface area contributed by atoms with Gasteiger partial charge in [-0.15, -0.1) is 10.2 Å². The lowest BCUT2D eigenvalue weighted by Gasteiger charge is -2.17. The lowest BCUT2D eigenvalue weighted by Crippen LogP contribution is -2.36. The third-order valence-electron chi connectivity index (χ3n) is 2.36. The molecule has 96 valence electrons. The van der Waals surface area contributed by atoms with Crippen molar-refractivity contribution in [3.63, 3.8) is 0 Å². The normalized spacial score (nSPS) is 15.2. The molecular formula is C8H11N7O3. The smallest absolute Gasteiger partial charge is 0.295 e. The zero-order valence-corrected chi connectivity index (χ0v) is 9.25. The van der Waals surface area contributed by atoms with Crippen LogP contribution in [-0.4, -0.2) is 49.1 Å². The predicted octanol–water partition coefficient (Wildman–Crippen LogP) is -2.27. The molecule has 0 unspecified atom stereocenters. The van der Waals surface area contributed by atoms with Crippen molar-refractivity contribution in [2.45, 2.75) is 12.8 Å². The van der Waals surface area contributed by atoms with Gasteiger partial charge in [0.15, 0.2) is 11.5 Å². The van der Waals surface area contributed by atoms with Crippen LogP contribution in [0, 0.1) is 0 Å². The molecular weight excluding hydrogens is 242 g/mol. The Balaban J connectivity index is 1.90. The Kier molecular flexibility index (Phi) is 3.19. The average Bonchev–Trinajstić information content (AvgIpc) is 2.89. The van der Waals surface area contributed by atoms with E-state index in [1.165, 1.54) is 0 Å². The minimum absolute atomic E-state index is 0.229. The summed E-state index contributed by atoms with van der Waals surface area (Å²) in [5.74, 6) is 3.90. The zero-order chi connectivity index (χ0) is 13.1. The number of nitrogens with zero attached hydrogens (tertiary/aromatic N) is 4. The van der Waals surface area contributed by atoms with Gasteiger partial charge in [-0.05, 0) is 6.42 Å². The number of imide groups is 1. The van der Waals surface area contributed by atoms with Crippen molar-refractivity contribution >= 4 is 11.8 Å². The number of aliphatic hydroxyl groups is 1. The number of rotatable bonds is 5. The van der Waals surface area contributed by atoms with Crippen LogP contribution in [0.25, 0.3) is 0 Å². The van der Waals surface area contributed by atoms with Crippen LogP contribution in [0.2, 0.25) is 0 Å². The number of carbonyl (C=O) groups is 2. The first-order chi connectivity index (χ1) is 8.59. The summed E-state index contributed by atoms with van der Waals surface area (Å²) >= 11 is 0. The fourth-order valence-electron chi connectivity index (χ4n) is 1.51. The van der Waals surface area contributed by atoms with E-state index in [4.69, 9.17) is 5.84 Å². The number of aromatic nitrogens is 4. The molecule has 2 amide bonds. The number of aryl methyl sites for hydroxylation is 1. The summed E-state index contributed by atoms with van der Waals surface area (Å²) in [6, 6.07) is 0. The molecule has 0 atom stereocenters. The summed E-state index contributed by atoms with van der Waals surface area (Å²) in [5.41, 5.74) is -0.229. The number of aliphatic hydroxyl groups excluding tert-OH is 1. The first-order valence-corrected chi connectivity index (χ1v) is 5.13. The Bertz CT molecular complexity index is 495. The molecule has 0 saturated carbocycles. The quantitative estimate of drug-likeness (QED) is 0.260. The van der Waals surface area contributed by atoms with Crippen LogP contribution in [0.1, 0.15) is 12.2 Å². The summed E-state index contributed by atoms with van der Waals surface area (Å²) in [6.45, 7) is 0.259. The monoisotopic (exact) mass is 253 g/mol. The fraction of sp³-hybridized carbons (Fsp3) is 0.375. The Morgan fingerprint density at radius 1 is 1.33 bits per heavy atom. The van der Waals surface area contributed by atoms with Crippen LogP contribution < -0.4 is 11.2 Å². The van der Waals surface area contributed by atoms with Crippen molar-refractivity contribution in [2.24, 2.45) is 5.84 Å².